The van der Waals surface area contributed by atoms with E-state index >= 15 is 0 Å². The predicted molar refractivity (Wildman–Crippen MR) is 171 cm³/mol. The number of carbonyl (C=O) groups excluding carboxylic acids is 5. The van der Waals surface area contributed by atoms with Crippen LogP contribution in [0.2, 0.25) is 0 Å². The topological polar surface area (TPSA) is 172 Å². The molecule has 45 heavy (non-hydrogen) atoms. The highest BCUT2D eigenvalue weighted by Gasteiger charge is 2.33. The lowest BCUT2D eigenvalue weighted by Crippen LogP contribution is -2.58. The van der Waals surface area contributed by atoms with Crippen molar-refractivity contribution in [2.24, 2.45) is 17.8 Å². The van der Waals surface area contributed by atoms with Crippen LogP contribution >= 0.6 is 0 Å². The molecule has 12 heteroatoms. The van der Waals surface area contributed by atoms with Crippen molar-refractivity contribution in [1.29, 1.82) is 0 Å². The van der Waals surface area contributed by atoms with E-state index in [9.17, 15) is 29.1 Å². The number of amides is 4. The van der Waals surface area contributed by atoms with Crippen LogP contribution in [0, 0.1) is 17.8 Å². The Morgan fingerprint density at radius 3 is 1.96 bits per heavy atom. The van der Waals surface area contributed by atoms with Crippen LogP contribution in [0.3, 0.4) is 0 Å². The summed E-state index contributed by atoms with van der Waals surface area (Å²) in [5.74, 6) is -2.27. The number of hydrogen-bond acceptors (Lipinski definition) is 8. The minimum absolute atomic E-state index is 0.122. The third-order valence-corrected chi connectivity index (χ3v) is 7.00. The van der Waals surface area contributed by atoms with Crippen molar-refractivity contribution in [2.75, 3.05) is 13.2 Å². The summed E-state index contributed by atoms with van der Waals surface area (Å²) >= 11 is 0. The van der Waals surface area contributed by atoms with E-state index in [1.807, 2.05) is 58.0 Å². The number of rotatable bonds is 20. The van der Waals surface area contributed by atoms with Crippen LogP contribution in [-0.2, 0) is 35.3 Å². The average molecular weight is 635 g/mol. The second-order valence-corrected chi connectivity index (χ2v) is 12.3. The van der Waals surface area contributed by atoms with Gasteiger partial charge >= 0.3 is 12.1 Å². The van der Waals surface area contributed by atoms with Crippen LogP contribution in [0.4, 0.5) is 4.79 Å². The lowest BCUT2D eigenvalue weighted by molar-refractivity contribution is -0.146. The summed E-state index contributed by atoms with van der Waals surface area (Å²) in [5, 5.41) is 21.9. The summed E-state index contributed by atoms with van der Waals surface area (Å²) < 4.78 is 10.2. The van der Waals surface area contributed by atoms with E-state index in [-0.39, 0.29) is 49.7 Å². The first-order valence-corrected chi connectivity index (χ1v) is 15.9. The van der Waals surface area contributed by atoms with Gasteiger partial charge in [-0.25, -0.2) is 4.79 Å². The van der Waals surface area contributed by atoms with Gasteiger partial charge in [0.2, 0.25) is 17.7 Å². The molecular formula is C33H54N4O8. The molecule has 1 unspecified atom stereocenters. The van der Waals surface area contributed by atoms with Crippen molar-refractivity contribution < 1.29 is 38.6 Å². The Balaban J connectivity index is 2.82. The van der Waals surface area contributed by atoms with Gasteiger partial charge in [-0.1, -0.05) is 71.9 Å². The summed E-state index contributed by atoms with van der Waals surface area (Å²) in [7, 11) is 0. The van der Waals surface area contributed by atoms with Gasteiger partial charge in [0.1, 0.15) is 18.7 Å². The fraction of sp³-hybridized carbons (Fsp3) is 0.667. The maximum Gasteiger partial charge on any atom is 0.407 e. The van der Waals surface area contributed by atoms with Gasteiger partial charge in [-0.3, -0.25) is 19.2 Å². The highest BCUT2D eigenvalue weighted by atomic mass is 16.5. The largest absolute Gasteiger partial charge is 0.466 e. The van der Waals surface area contributed by atoms with Gasteiger partial charge in [-0.15, -0.1) is 0 Å². The molecule has 1 aromatic carbocycles. The lowest BCUT2D eigenvalue weighted by Gasteiger charge is -2.30. The summed E-state index contributed by atoms with van der Waals surface area (Å²) in [6.07, 6.45) is -0.518. The predicted octanol–water partition coefficient (Wildman–Crippen LogP) is 3.21. The Bertz CT molecular complexity index is 1060. The SMILES string of the molecule is CCOC(=O)C[C@H](O)[C@H](CCCCNC(=O)OCc1ccccc1)NC(=O)[C@H](NC(=O)C(NC(=O)CC(C)C)C(C)C)C(C)C. The molecule has 0 radical (unpaired) electrons. The van der Waals surface area contributed by atoms with Gasteiger partial charge in [0, 0.05) is 13.0 Å². The Hall–Kier alpha value is -3.67. The number of esters is 1. The second-order valence-electron chi connectivity index (χ2n) is 12.3. The van der Waals surface area contributed by atoms with Gasteiger partial charge in [-0.05, 0) is 49.5 Å². The molecule has 12 nitrogen and oxygen atoms in total. The molecule has 1 rings (SSSR count). The van der Waals surface area contributed by atoms with Crippen LogP contribution in [0.25, 0.3) is 0 Å². The number of hydrogen-bond donors (Lipinski definition) is 5. The number of ether oxygens (including phenoxy) is 2. The van der Waals surface area contributed by atoms with Gasteiger partial charge in [0.25, 0.3) is 0 Å². The minimum atomic E-state index is -1.24. The van der Waals surface area contributed by atoms with E-state index in [2.05, 4.69) is 21.3 Å². The van der Waals surface area contributed by atoms with Crippen molar-refractivity contribution in [3.8, 4) is 0 Å². The first-order valence-electron chi connectivity index (χ1n) is 15.9. The Labute approximate surface area is 267 Å². The number of unbranched alkanes of at least 4 members (excludes halogenated alkanes) is 1. The highest BCUT2D eigenvalue weighted by Crippen LogP contribution is 2.13. The number of carbonyl (C=O) groups is 5. The Morgan fingerprint density at radius 1 is 0.778 bits per heavy atom. The molecule has 254 valence electrons. The summed E-state index contributed by atoms with van der Waals surface area (Å²) in [6.45, 7) is 13.3. The number of benzene rings is 1. The Morgan fingerprint density at radius 2 is 1.38 bits per heavy atom. The molecule has 0 aliphatic carbocycles. The first-order chi connectivity index (χ1) is 21.2. The second kappa shape index (κ2) is 21.1. The van der Waals surface area contributed by atoms with E-state index in [1.54, 1.807) is 20.8 Å². The molecule has 0 spiro atoms. The molecule has 0 fully saturated rings. The van der Waals surface area contributed by atoms with Crippen molar-refractivity contribution >= 4 is 29.8 Å². The minimum Gasteiger partial charge on any atom is -0.466 e. The molecule has 0 aromatic heterocycles. The summed E-state index contributed by atoms with van der Waals surface area (Å²) in [5.41, 5.74) is 0.869. The van der Waals surface area contributed by atoms with Gasteiger partial charge < -0.3 is 35.8 Å². The van der Waals surface area contributed by atoms with Crippen LogP contribution < -0.4 is 21.3 Å². The van der Waals surface area contributed by atoms with Crippen molar-refractivity contribution in [2.45, 2.75) is 111 Å². The Kier molecular flexibility index (Phi) is 18.5. The molecule has 4 atom stereocenters. The highest BCUT2D eigenvalue weighted by molar-refractivity contribution is 5.92. The number of nitrogens with one attached hydrogen (secondary N) is 4. The molecule has 0 saturated heterocycles. The monoisotopic (exact) mass is 634 g/mol. The standard InChI is InChI=1S/C33H54N4O8/c1-8-44-28(40)19-26(38)25(16-12-13-17-34-33(43)45-20-24-14-10-9-11-15-24)35-31(41)30(23(6)7)37-32(42)29(22(4)5)36-27(39)18-21(2)3/h9-11,14-15,21-23,25-26,29-30,38H,8,12-13,16-20H2,1-7H3,(H,34,43)(H,35,41)(H,36,39)(H,37,42)/t25-,26-,29?,30+/m0/s1. The number of aliphatic hydroxyl groups excluding tert-OH is 1. The molecule has 0 saturated carbocycles. The number of alkyl carbamates (subject to hydrolysis) is 1. The van der Waals surface area contributed by atoms with E-state index in [0.29, 0.717) is 25.8 Å². The fourth-order valence-corrected chi connectivity index (χ4v) is 4.54. The molecule has 0 heterocycles. The third kappa shape index (κ3) is 16.3. The molecule has 0 aliphatic rings. The smallest absolute Gasteiger partial charge is 0.407 e. The molecular weight excluding hydrogens is 580 g/mol. The van der Waals surface area contributed by atoms with Crippen LogP contribution in [0.15, 0.2) is 30.3 Å². The zero-order valence-electron chi connectivity index (χ0n) is 27.9. The quantitative estimate of drug-likeness (QED) is 0.107. The summed E-state index contributed by atoms with van der Waals surface area (Å²) in [6, 6.07) is 6.69. The van der Waals surface area contributed by atoms with E-state index < -0.39 is 48.1 Å². The fourth-order valence-electron chi connectivity index (χ4n) is 4.54. The van der Waals surface area contributed by atoms with Gasteiger partial charge in [0.15, 0.2) is 0 Å². The van der Waals surface area contributed by atoms with E-state index in [0.717, 1.165) is 5.56 Å². The maximum absolute atomic E-state index is 13.5. The zero-order chi connectivity index (χ0) is 33.9. The normalized spacial score (nSPS) is 13.8. The van der Waals surface area contributed by atoms with Crippen LogP contribution in [0.1, 0.15) is 86.1 Å². The van der Waals surface area contributed by atoms with E-state index in [4.69, 9.17) is 9.47 Å². The van der Waals surface area contributed by atoms with Crippen molar-refractivity contribution in [3.63, 3.8) is 0 Å². The lowest BCUT2D eigenvalue weighted by atomic mass is 9.97. The molecule has 0 bridgehead atoms. The number of aliphatic hydroxyl groups is 1. The summed E-state index contributed by atoms with van der Waals surface area (Å²) in [4.78, 5) is 63.2. The maximum atomic E-state index is 13.5. The van der Waals surface area contributed by atoms with Crippen molar-refractivity contribution in [3.05, 3.63) is 35.9 Å². The van der Waals surface area contributed by atoms with Gasteiger partial charge in [-0.2, -0.15) is 0 Å². The third-order valence-electron chi connectivity index (χ3n) is 7.00. The molecule has 4 amide bonds. The van der Waals surface area contributed by atoms with Crippen molar-refractivity contribution in [1.82, 2.24) is 21.3 Å². The van der Waals surface area contributed by atoms with Crippen LogP contribution in [0.5, 0.6) is 0 Å². The average Bonchev–Trinajstić information content (AvgIpc) is 2.96. The first kappa shape index (κ1) is 39.4. The molecule has 5 N–H and O–H groups in total. The molecule has 1 aromatic rings. The molecule has 0 aliphatic heterocycles. The zero-order valence-corrected chi connectivity index (χ0v) is 27.9. The van der Waals surface area contributed by atoms with E-state index in [1.165, 1.54) is 0 Å². The van der Waals surface area contributed by atoms with Crippen LogP contribution in [-0.4, -0.2) is 72.3 Å². The van der Waals surface area contributed by atoms with Gasteiger partial charge in [0.05, 0.1) is 25.2 Å².